The number of thiophene rings is 1. The van der Waals surface area contributed by atoms with E-state index in [1.807, 2.05) is 11.4 Å². The maximum absolute atomic E-state index is 5.65. The van der Waals surface area contributed by atoms with Gasteiger partial charge in [0.25, 0.3) is 0 Å². The van der Waals surface area contributed by atoms with Crippen LogP contribution in [0.25, 0.3) is 0 Å². The topological polar surface area (TPSA) is 25.8 Å². The van der Waals surface area contributed by atoms with Gasteiger partial charge in [0.05, 0.1) is 0 Å². The van der Waals surface area contributed by atoms with Gasteiger partial charge in [0, 0.05) is 11.3 Å². The summed E-state index contributed by atoms with van der Waals surface area (Å²) in [4.78, 5) is 5.33. The van der Waals surface area contributed by atoms with Crippen LogP contribution >= 0.6 is 34.5 Å². The summed E-state index contributed by atoms with van der Waals surface area (Å²) >= 11 is 8.59. The first kappa shape index (κ1) is 8.16. The fourth-order valence-electron chi connectivity index (χ4n) is 0.873. The quantitative estimate of drug-likeness (QED) is 0.772. The Kier molecular flexibility index (Phi) is 2.39. The normalized spacial score (nSPS) is 10.4. The third-order valence-electron chi connectivity index (χ3n) is 1.36. The lowest BCUT2D eigenvalue weighted by Crippen LogP contribution is -1.85. The minimum absolute atomic E-state index is 0.515. The van der Waals surface area contributed by atoms with Crippen molar-refractivity contribution in [2.75, 3.05) is 0 Å². The molecule has 2 rings (SSSR count). The monoisotopic (exact) mass is 216 g/mol. The van der Waals surface area contributed by atoms with E-state index in [0.29, 0.717) is 4.47 Å². The van der Waals surface area contributed by atoms with E-state index in [1.54, 1.807) is 11.3 Å². The smallest absolute Gasteiger partial charge is 0.203 e. The SMILES string of the molecule is Clc1nc(Cc2cccs2)ns1. The number of hydrogen-bond donors (Lipinski definition) is 0. The predicted octanol–water partition coefficient (Wildman–Crippen LogP) is 2.84. The molecule has 0 saturated heterocycles. The Hall–Kier alpha value is -0.450. The van der Waals surface area contributed by atoms with Crippen LogP contribution in [0.2, 0.25) is 4.47 Å². The van der Waals surface area contributed by atoms with Crippen LogP contribution in [-0.4, -0.2) is 9.36 Å². The summed E-state index contributed by atoms with van der Waals surface area (Å²) in [6.07, 6.45) is 0.793. The van der Waals surface area contributed by atoms with Crippen LogP contribution in [0.3, 0.4) is 0 Å². The lowest BCUT2D eigenvalue weighted by molar-refractivity contribution is 1.06. The van der Waals surface area contributed by atoms with Gasteiger partial charge in [-0.25, -0.2) is 4.98 Å². The van der Waals surface area contributed by atoms with Crippen LogP contribution in [0.15, 0.2) is 17.5 Å². The molecule has 2 heterocycles. The van der Waals surface area contributed by atoms with Gasteiger partial charge in [-0.2, -0.15) is 4.37 Å². The molecule has 0 radical (unpaired) electrons. The molecule has 62 valence electrons. The van der Waals surface area contributed by atoms with E-state index < -0.39 is 0 Å². The molecule has 0 spiro atoms. The highest BCUT2D eigenvalue weighted by Gasteiger charge is 2.02. The molecule has 0 unspecified atom stereocenters. The van der Waals surface area contributed by atoms with E-state index in [2.05, 4.69) is 15.4 Å². The molecule has 0 aliphatic heterocycles. The zero-order valence-electron chi connectivity index (χ0n) is 6.03. The summed E-state index contributed by atoms with van der Waals surface area (Å²) in [6.45, 7) is 0. The van der Waals surface area contributed by atoms with Gasteiger partial charge in [0.1, 0.15) is 5.82 Å². The van der Waals surface area contributed by atoms with Crippen molar-refractivity contribution in [3.8, 4) is 0 Å². The van der Waals surface area contributed by atoms with Gasteiger partial charge in [-0.05, 0) is 34.6 Å². The summed E-state index contributed by atoms with van der Waals surface area (Å²) < 4.78 is 4.61. The highest BCUT2D eigenvalue weighted by molar-refractivity contribution is 7.10. The fraction of sp³-hybridized carbons (Fsp3) is 0.143. The zero-order valence-corrected chi connectivity index (χ0v) is 8.42. The first-order valence-electron chi connectivity index (χ1n) is 3.35. The minimum Gasteiger partial charge on any atom is -0.208 e. The van der Waals surface area contributed by atoms with E-state index >= 15 is 0 Å². The molecule has 0 N–H and O–H groups in total. The first-order valence-corrected chi connectivity index (χ1v) is 5.38. The number of nitrogens with zero attached hydrogens (tertiary/aromatic N) is 2. The Bertz CT molecular complexity index is 355. The molecule has 5 heteroatoms. The van der Waals surface area contributed by atoms with Crippen molar-refractivity contribution in [3.63, 3.8) is 0 Å². The van der Waals surface area contributed by atoms with Gasteiger partial charge >= 0.3 is 0 Å². The van der Waals surface area contributed by atoms with Crippen LogP contribution in [0.5, 0.6) is 0 Å². The molecule has 2 aromatic rings. The van der Waals surface area contributed by atoms with Crippen molar-refractivity contribution in [3.05, 3.63) is 32.7 Å². The predicted molar refractivity (Wildman–Crippen MR) is 52.0 cm³/mol. The van der Waals surface area contributed by atoms with Gasteiger partial charge in [-0.3, -0.25) is 0 Å². The Morgan fingerprint density at radius 3 is 3.00 bits per heavy atom. The van der Waals surface area contributed by atoms with E-state index in [-0.39, 0.29) is 0 Å². The molecule has 12 heavy (non-hydrogen) atoms. The molecule has 0 bridgehead atoms. The van der Waals surface area contributed by atoms with Gasteiger partial charge in [0.15, 0.2) is 0 Å². The Balaban J connectivity index is 2.14. The number of aromatic nitrogens is 2. The summed E-state index contributed by atoms with van der Waals surface area (Å²) in [5.41, 5.74) is 0. The molecule has 0 fully saturated rings. The zero-order chi connectivity index (χ0) is 8.39. The van der Waals surface area contributed by atoms with Crippen molar-refractivity contribution < 1.29 is 0 Å². The summed E-state index contributed by atoms with van der Waals surface area (Å²) in [5, 5.41) is 2.04. The first-order chi connectivity index (χ1) is 5.84. The van der Waals surface area contributed by atoms with E-state index in [4.69, 9.17) is 11.6 Å². The lowest BCUT2D eigenvalue weighted by atomic mass is 10.3. The van der Waals surface area contributed by atoms with Crippen molar-refractivity contribution in [1.29, 1.82) is 0 Å². The standard InChI is InChI=1S/C7H5ClN2S2/c8-7-9-6(10-12-7)4-5-2-1-3-11-5/h1-3H,4H2. The van der Waals surface area contributed by atoms with Crippen molar-refractivity contribution in [1.82, 2.24) is 9.36 Å². The average Bonchev–Trinajstić information content (AvgIpc) is 2.63. The molecule has 0 aromatic carbocycles. The van der Waals surface area contributed by atoms with Gasteiger partial charge in [0.2, 0.25) is 4.47 Å². The highest BCUT2D eigenvalue weighted by atomic mass is 35.5. The maximum atomic E-state index is 5.65. The summed E-state index contributed by atoms with van der Waals surface area (Å²) in [7, 11) is 0. The van der Waals surface area contributed by atoms with Gasteiger partial charge in [-0.1, -0.05) is 6.07 Å². The molecule has 0 atom stereocenters. The lowest BCUT2D eigenvalue weighted by Gasteiger charge is -1.87. The van der Waals surface area contributed by atoms with Gasteiger partial charge in [-0.15, -0.1) is 11.3 Å². The van der Waals surface area contributed by atoms with E-state index in [1.165, 1.54) is 16.4 Å². The molecule has 0 aliphatic rings. The average molecular weight is 217 g/mol. The maximum Gasteiger partial charge on any atom is 0.203 e. The minimum atomic E-state index is 0.515. The molecule has 0 saturated carbocycles. The molecule has 2 aromatic heterocycles. The van der Waals surface area contributed by atoms with Crippen LogP contribution in [0.4, 0.5) is 0 Å². The number of rotatable bonds is 2. The van der Waals surface area contributed by atoms with E-state index in [0.717, 1.165) is 12.2 Å². The third-order valence-corrected chi connectivity index (χ3v) is 3.07. The van der Waals surface area contributed by atoms with Gasteiger partial charge < -0.3 is 0 Å². The Morgan fingerprint density at radius 1 is 1.50 bits per heavy atom. The second-order valence-electron chi connectivity index (χ2n) is 2.22. The fourth-order valence-corrected chi connectivity index (χ4v) is 2.21. The van der Waals surface area contributed by atoms with Crippen molar-refractivity contribution in [2.24, 2.45) is 0 Å². The third kappa shape index (κ3) is 1.83. The number of hydrogen-bond acceptors (Lipinski definition) is 4. The van der Waals surface area contributed by atoms with Crippen LogP contribution in [-0.2, 0) is 6.42 Å². The van der Waals surface area contributed by atoms with Crippen LogP contribution in [0, 0.1) is 0 Å². The molecule has 0 aliphatic carbocycles. The number of halogens is 1. The van der Waals surface area contributed by atoms with Crippen molar-refractivity contribution in [2.45, 2.75) is 6.42 Å². The largest absolute Gasteiger partial charge is 0.208 e. The second-order valence-corrected chi connectivity index (χ2v) is 4.59. The van der Waals surface area contributed by atoms with Crippen LogP contribution in [0.1, 0.15) is 10.7 Å². The highest BCUT2D eigenvalue weighted by Crippen LogP contribution is 2.16. The Labute approximate surface area is 83.0 Å². The molecular formula is C7H5ClN2S2. The van der Waals surface area contributed by atoms with Crippen molar-refractivity contribution >= 4 is 34.5 Å². The second kappa shape index (κ2) is 3.51. The van der Waals surface area contributed by atoms with Crippen LogP contribution < -0.4 is 0 Å². The summed E-state index contributed by atoms with van der Waals surface area (Å²) in [6, 6.07) is 4.09. The Morgan fingerprint density at radius 2 is 2.42 bits per heavy atom. The summed E-state index contributed by atoms with van der Waals surface area (Å²) in [5.74, 6) is 0.812. The molecular weight excluding hydrogens is 212 g/mol. The molecule has 2 nitrogen and oxygen atoms in total. The van der Waals surface area contributed by atoms with E-state index in [9.17, 15) is 0 Å². The molecule has 0 amide bonds.